The Morgan fingerprint density at radius 2 is 1.36 bits per heavy atom. The van der Waals surface area contributed by atoms with Gasteiger partial charge in [0.1, 0.15) is 5.75 Å². The van der Waals surface area contributed by atoms with E-state index in [1.807, 2.05) is 0 Å². The number of benzene rings is 2. The maximum Gasteiger partial charge on any atom is 0.427 e. The van der Waals surface area contributed by atoms with Crippen molar-refractivity contribution in [1.82, 2.24) is 5.43 Å². The smallest absolute Gasteiger partial charge is 0.427 e. The van der Waals surface area contributed by atoms with E-state index in [1.165, 1.54) is 6.21 Å². The fourth-order valence-corrected chi connectivity index (χ4v) is 2.68. The predicted octanol–water partition coefficient (Wildman–Crippen LogP) is 3.55. The number of hydrogen-bond acceptors (Lipinski definition) is 8. The molecule has 0 heterocycles. The summed E-state index contributed by atoms with van der Waals surface area (Å²) >= 11 is 0. The Morgan fingerprint density at radius 1 is 0.818 bits per heavy atom. The standard InChI is InChI=1S/C24H26N2O7/c1-3-31-23(29)16-33-20-11-9-19(10-12-20)22(28)14-13-21(27)18-7-5-17(6-8-18)15-25-26-24(30)32-4-2/h5-12,15H,3-4,13-14,16H2,1-2H3,(H,26,30). The highest BCUT2D eigenvalue weighted by atomic mass is 16.6. The van der Waals surface area contributed by atoms with Crippen LogP contribution in [0.4, 0.5) is 4.79 Å². The van der Waals surface area contributed by atoms with Gasteiger partial charge in [0.15, 0.2) is 18.2 Å². The number of nitrogens with one attached hydrogen (secondary N) is 1. The molecular formula is C24H26N2O7. The van der Waals surface area contributed by atoms with Gasteiger partial charge in [-0.3, -0.25) is 9.59 Å². The Bertz CT molecular complexity index is 983. The highest BCUT2D eigenvalue weighted by Gasteiger charge is 2.12. The highest BCUT2D eigenvalue weighted by Crippen LogP contribution is 2.15. The molecule has 0 spiro atoms. The van der Waals surface area contributed by atoms with Gasteiger partial charge in [-0.1, -0.05) is 24.3 Å². The molecule has 174 valence electrons. The van der Waals surface area contributed by atoms with Crippen LogP contribution < -0.4 is 10.2 Å². The van der Waals surface area contributed by atoms with Crippen molar-refractivity contribution in [2.45, 2.75) is 26.7 Å². The van der Waals surface area contributed by atoms with Gasteiger partial charge in [-0.15, -0.1) is 0 Å². The van der Waals surface area contributed by atoms with Gasteiger partial charge in [0, 0.05) is 24.0 Å². The Hall–Kier alpha value is -4.01. The first-order chi connectivity index (χ1) is 15.9. The van der Waals surface area contributed by atoms with Gasteiger partial charge in [-0.25, -0.2) is 15.0 Å². The number of esters is 1. The molecule has 2 aromatic rings. The van der Waals surface area contributed by atoms with E-state index < -0.39 is 12.1 Å². The van der Waals surface area contributed by atoms with Gasteiger partial charge in [0.05, 0.1) is 19.4 Å². The number of amides is 1. The molecule has 0 saturated heterocycles. The first kappa shape index (κ1) is 25.3. The minimum Gasteiger partial charge on any atom is -0.482 e. The third-order valence-electron chi connectivity index (χ3n) is 4.29. The van der Waals surface area contributed by atoms with E-state index in [9.17, 15) is 19.2 Å². The van der Waals surface area contributed by atoms with E-state index in [-0.39, 0.29) is 44.2 Å². The van der Waals surface area contributed by atoms with Crippen molar-refractivity contribution in [2.24, 2.45) is 5.10 Å². The second-order valence-corrected chi connectivity index (χ2v) is 6.68. The van der Waals surface area contributed by atoms with Crippen molar-refractivity contribution in [1.29, 1.82) is 0 Å². The van der Waals surface area contributed by atoms with Crippen molar-refractivity contribution in [3.8, 4) is 5.75 Å². The molecule has 1 amide bonds. The molecule has 0 aliphatic heterocycles. The summed E-state index contributed by atoms with van der Waals surface area (Å²) in [5.74, 6) is -0.360. The molecule has 2 rings (SSSR count). The van der Waals surface area contributed by atoms with Crippen LogP contribution in [0.25, 0.3) is 0 Å². The van der Waals surface area contributed by atoms with Crippen LogP contribution in [0.3, 0.4) is 0 Å². The van der Waals surface area contributed by atoms with Crippen LogP contribution >= 0.6 is 0 Å². The molecule has 0 aliphatic rings. The molecule has 0 radical (unpaired) electrons. The van der Waals surface area contributed by atoms with Gasteiger partial charge in [-0.2, -0.15) is 5.10 Å². The van der Waals surface area contributed by atoms with Crippen LogP contribution in [-0.4, -0.2) is 49.7 Å². The topological polar surface area (TPSA) is 120 Å². The zero-order valence-corrected chi connectivity index (χ0v) is 18.5. The molecule has 0 aromatic heterocycles. The second kappa shape index (κ2) is 13.4. The van der Waals surface area contributed by atoms with Crippen LogP contribution in [0, 0.1) is 0 Å². The molecule has 0 fully saturated rings. The van der Waals surface area contributed by atoms with Gasteiger partial charge in [-0.05, 0) is 43.7 Å². The monoisotopic (exact) mass is 454 g/mol. The highest BCUT2D eigenvalue weighted by molar-refractivity contribution is 6.02. The summed E-state index contributed by atoms with van der Waals surface area (Å²) in [5.41, 5.74) is 3.82. The lowest BCUT2D eigenvalue weighted by molar-refractivity contribution is -0.145. The number of hydrazone groups is 1. The average Bonchev–Trinajstić information content (AvgIpc) is 2.82. The van der Waals surface area contributed by atoms with Crippen molar-refractivity contribution < 1.29 is 33.4 Å². The summed E-state index contributed by atoms with van der Waals surface area (Å²) in [6.07, 6.45) is 0.908. The third-order valence-corrected chi connectivity index (χ3v) is 4.29. The summed E-state index contributed by atoms with van der Waals surface area (Å²) in [6, 6.07) is 13.0. The van der Waals surface area contributed by atoms with E-state index in [1.54, 1.807) is 62.4 Å². The summed E-state index contributed by atoms with van der Waals surface area (Å²) < 4.78 is 14.8. The largest absolute Gasteiger partial charge is 0.482 e. The van der Waals surface area contributed by atoms with Gasteiger partial charge >= 0.3 is 12.1 Å². The molecule has 2 aromatic carbocycles. The lowest BCUT2D eigenvalue weighted by Crippen LogP contribution is -2.18. The third kappa shape index (κ3) is 8.94. The van der Waals surface area contributed by atoms with Crippen molar-refractivity contribution in [2.75, 3.05) is 19.8 Å². The molecule has 0 unspecified atom stereocenters. The molecule has 9 nitrogen and oxygen atoms in total. The lowest BCUT2D eigenvalue weighted by Gasteiger charge is -2.07. The minimum absolute atomic E-state index is 0.0640. The summed E-state index contributed by atoms with van der Waals surface area (Å²) in [5, 5.41) is 3.75. The first-order valence-corrected chi connectivity index (χ1v) is 10.4. The normalized spacial score (nSPS) is 10.5. The van der Waals surface area contributed by atoms with E-state index in [0.29, 0.717) is 22.4 Å². The summed E-state index contributed by atoms with van der Waals surface area (Å²) in [7, 11) is 0. The van der Waals surface area contributed by atoms with Crippen molar-refractivity contribution in [3.05, 3.63) is 65.2 Å². The number of nitrogens with zero attached hydrogens (tertiary/aromatic N) is 1. The number of rotatable bonds is 12. The summed E-state index contributed by atoms with van der Waals surface area (Å²) in [4.78, 5) is 47.3. The van der Waals surface area contributed by atoms with Crippen LogP contribution in [0.5, 0.6) is 5.75 Å². The van der Waals surface area contributed by atoms with Crippen molar-refractivity contribution >= 4 is 29.8 Å². The van der Waals surface area contributed by atoms with E-state index in [2.05, 4.69) is 15.3 Å². The number of hydrogen-bond donors (Lipinski definition) is 1. The lowest BCUT2D eigenvalue weighted by atomic mass is 10.0. The van der Waals surface area contributed by atoms with Gasteiger partial charge in [0.25, 0.3) is 0 Å². The SMILES string of the molecule is CCOC(=O)COc1ccc(C(=O)CCC(=O)c2ccc(C=NNC(=O)OCC)cc2)cc1. The average molecular weight is 454 g/mol. The molecule has 9 heteroatoms. The van der Waals surface area contributed by atoms with Crippen LogP contribution in [0.2, 0.25) is 0 Å². The van der Waals surface area contributed by atoms with Crippen molar-refractivity contribution in [3.63, 3.8) is 0 Å². The number of Topliss-reactive ketones (excluding diaryl/α,β-unsaturated/α-hetero) is 2. The van der Waals surface area contributed by atoms with Crippen LogP contribution in [0.15, 0.2) is 53.6 Å². The summed E-state index contributed by atoms with van der Waals surface area (Å²) in [6.45, 7) is 3.72. The minimum atomic E-state index is -0.649. The number of ether oxygens (including phenoxy) is 3. The van der Waals surface area contributed by atoms with Crippen LogP contribution in [0.1, 0.15) is 53.0 Å². The Balaban J connectivity index is 1.81. The van der Waals surface area contributed by atoms with E-state index >= 15 is 0 Å². The molecule has 0 atom stereocenters. The molecular weight excluding hydrogens is 428 g/mol. The van der Waals surface area contributed by atoms with Gasteiger partial charge in [0.2, 0.25) is 0 Å². The predicted molar refractivity (Wildman–Crippen MR) is 121 cm³/mol. The second-order valence-electron chi connectivity index (χ2n) is 6.68. The van der Waals surface area contributed by atoms with Crippen LogP contribution in [-0.2, 0) is 14.3 Å². The number of carbonyl (C=O) groups is 4. The number of carbonyl (C=O) groups excluding carboxylic acids is 4. The fraction of sp³-hybridized carbons (Fsp3) is 0.292. The Labute approximate surface area is 191 Å². The van der Waals surface area contributed by atoms with E-state index in [0.717, 1.165) is 0 Å². The quantitative estimate of drug-likeness (QED) is 0.225. The zero-order valence-electron chi connectivity index (χ0n) is 18.5. The van der Waals surface area contributed by atoms with E-state index in [4.69, 9.17) is 9.47 Å². The molecule has 0 bridgehead atoms. The molecule has 1 N–H and O–H groups in total. The maximum absolute atomic E-state index is 12.4. The Kier molecular flexibility index (Phi) is 10.3. The first-order valence-electron chi connectivity index (χ1n) is 10.4. The maximum atomic E-state index is 12.4. The molecule has 0 aliphatic carbocycles. The molecule has 33 heavy (non-hydrogen) atoms. The fourth-order valence-electron chi connectivity index (χ4n) is 2.68. The Morgan fingerprint density at radius 3 is 1.91 bits per heavy atom. The zero-order chi connectivity index (χ0) is 24.1. The van der Waals surface area contributed by atoms with Gasteiger partial charge < -0.3 is 14.2 Å². The number of ketones is 2. The molecule has 0 saturated carbocycles.